The highest BCUT2D eigenvalue weighted by Crippen LogP contribution is 2.04. The predicted molar refractivity (Wildman–Crippen MR) is 69.1 cm³/mol. The van der Waals surface area contributed by atoms with Gasteiger partial charge in [0.15, 0.2) is 0 Å². The number of rotatable bonds is 6. The number of hydrogen-bond donors (Lipinski definition) is 2. The van der Waals surface area contributed by atoms with Crippen molar-refractivity contribution in [2.45, 2.75) is 20.5 Å². The second kappa shape index (κ2) is 6.90. The maximum absolute atomic E-state index is 11.6. The number of amides is 1. The van der Waals surface area contributed by atoms with E-state index in [-0.39, 0.29) is 19.1 Å². The molecule has 0 aliphatic carbocycles. The summed E-state index contributed by atoms with van der Waals surface area (Å²) in [6.07, 6.45) is 3.09. The monoisotopic (exact) mass is 252 g/mol. The minimum atomic E-state index is -0.0845. The van der Waals surface area contributed by atoms with Crippen LogP contribution in [0.1, 0.15) is 19.4 Å². The van der Waals surface area contributed by atoms with Crippen molar-refractivity contribution in [3.63, 3.8) is 0 Å². The molecule has 0 atom stereocenters. The van der Waals surface area contributed by atoms with E-state index in [2.05, 4.69) is 15.3 Å². The van der Waals surface area contributed by atoms with Gasteiger partial charge in [-0.25, -0.2) is 9.97 Å². The number of likely N-dealkylation sites (N-methyl/N-ethyl adjacent to an activating group) is 1. The molecule has 1 amide bonds. The van der Waals surface area contributed by atoms with Gasteiger partial charge in [0.1, 0.15) is 0 Å². The summed E-state index contributed by atoms with van der Waals surface area (Å²) >= 11 is 0. The van der Waals surface area contributed by atoms with Gasteiger partial charge < -0.3 is 15.3 Å². The molecular weight excluding hydrogens is 232 g/mol. The van der Waals surface area contributed by atoms with E-state index in [1.807, 2.05) is 13.8 Å². The van der Waals surface area contributed by atoms with Crippen LogP contribution in [0.25, 0.3) is 0 Å². The number of carbonyl (C=O) groups excluding carboxylic acids is 1. The van der Waals surface area contributed by atoms with E-state index in [9.17, 15) is 4.79 Å². The Labute approximate surface area is 107 Å². The van der Waals surface area contributed by atoms with Crippen LogP contribution in [0.2, 0.25) is 0 Å². The van der Waals surface area contributed by atoms with E-state index < -0.39 is 0 Å². The van der Waals surface area contributed by atoms with Gasteiger partial charge in [-0.2, -0.15) is 0 Å². The third-order valence-corrected chi connectivity index (χ3v) is 2.30. The normalized spacial score (nSPS) is 10.5. The van der Waals surface area contributed by atoms with E-state index >= 15 is 0 Å². The van der Waals surface area contributed by atoms with E-state index in [1.54, 1.807) is 24.3 Å². The fourth-order valence-electron chi connectivity index (χ4n) is 1.29. The summed E-state index contributed by atoms with van der Waals surface area (Å²) in [4.78, 5) is 21.4. The van der Waals surface area contributed by atoms with E-state index in [0.717, 1.165) is 0 Å². The first-order valence-corrected chi connectivity index (χ1v) is 5.92. The number of aliphatic hydroxyl groups excluding tert-OH is 1. The lowest BCUT2D eigenvalue weighted by molar-refractivity contribution is -0.119. The second-order valence-electron chi connectivity index (χ2n) is 4.60. The van der Waals surface area contributed by atoms with Crippen LogP contribution in [-0.2, 0) is 11.4 Å². The van der Waals surface area contributed by atoms with Crippen LogP contribution in [0.4, 0.5) is 5.95 Å². The molecule has 0 fully saturated rings. The molecule has 0 aliphatic rings. The van der Waals surface area contributed by atoms with Crippen molar-refractivity contribution in [2.24, 2.45) is 5.92 Å². The van der Waals surface area contributed by atoms with Crippen LogP contribution < -0.4 is 10.2 Å². The van der Waals surface area contributed by atoms with Crippen molar-refractivity contribution < 1.29 is 9.90 Å². The Morgan fingerprint density at radius 2 is 2.06 bits per heavy atom. The van der Waals surface area contributed by atoms with Crippen molar-refractivity contribution in [3.05, 3.63) is 18.0 Å². The largest absolute Gasteiger partial charge is 0.392 e. The van der Waals surface area contributed by atoms with Gasteiger partial charge in [-0.05, 0) is 5.92 Å². The molecule has 100 valence electrons. The molecule has 1 aromatic rings. The average Bonchev–Trinajstić information content (AvgIpc) is 2.36. The van der Waals surface area contributed by atoms with Crippen molar-refractivity contribution in [3.8, 4) is 0 Å². The quantitative estimate of drug-likeness (QED) is 0.755. The Bertz CT molecular complexity index is 378. The van der Waals surface area contributed by atoms with Gasteiger partial charge in [-0.3, -0.25) is 4.79 Å². The predicted octanol–water partition coefficient (Wildman–Crippen LogP) is 0.177. The lowest BCUT2D eigenvalue weighted by atomic mass is 10.2. The highest BCUT2D eigenvalue weighted by Gasteiger charge is 2.09. The SMILES string of the molecule is CC(C)CNC(=O)CN(C)c1ncc(CO)cn1. The molecule has 0 saturated heterocycles. The highest BCUT2D eigenvalue weighted by molar-refractivity contribution is 5.80. The average molecular weight is 252 g/mol. The number of aromatic nitrogens is 2. The van der Waals surface area contributed by atoms with Crippen molar-refractivity contribution in [1.82, 2.24) is 15.3 Å². The molecule has 6 heteroatoms. The van der Waals surface area contributed by atoms with Gasteiger partial charge in [0.2, 0.25) is 11.9 Å². The summed E-state index contributed by atoms with van der Waals surface area (Å²) in [5, 5.41) is 11.7. The first kappa shape index (κ1) is 14.4. The Balaban J connectivity index is 2.48. The maximum Gasteiger partial charge on any atom is 0.239 e. The molecule has 0 spiro atoms. The molecule has 1 rings (SSSR count). The van der Waals surface area contributed by atoms with Crippen LogP contribution in [0, 0.1) is 5.92 Å². The van der Waals surface area contributed by atoms with Gasteiger partial charge in [0.25, 0.3) is 0 Å². The van der Waals surface area contributed by atoms with Gasteiger partial charge in [0, 0.05) is 31.5 Å². The summed E-state index contributed by atoms with van der Waals surface area (Å²) in [5.74, 6) is 0.840. The molecule has 6 nitrogen and oxygen atoms in total. The summed E-state index contributed by atoms with van der Waals surface area (Å²) in [5.41, 5.74) is 0.649. The Morgan fingerprint density at radius 3 is 2.56 bits per heavy atom. The molecular formula is C12H20N4O2. The minimum Gasteiger partial charge on any atom is -0.392 e. The molecule has 0 radical (unpaired) electrons. The topological polar surface area (TPSA) is 78.4 Å². The molecule has 2 N–H and O–H groups in total. The smallest absolute Gasteiger partial charge is 0.239 e. The zero-order valence-electron chi connectivity index (χ0n) is 11.1. The number of nitrogens with one attached hydrogen (secondary N) is 1. The first-order chi connectivity index (χ1) is 8.52. The minimum absolute atomic E-state index is 0.0546. The fourth-order valence-corrected chi connectivity index (χ4v) is 1.29. The van der Waals surface area contributed by atoms with Crippen LogP contribution >= 0.6 is 0 Å². The lowest BCUT2D eigenvalue weighted by Gasteiger charge is -2.17. The lowest BCUT2D eigenvalue weighted by Crippen LogP contribution is -2.37. The van der Waals surface area contributed by atoms with Crippen molar-refractivity contribution >= 4 is 11.9 Å². The third-order valence-electron chi connectivity index (χ3n) is 2.30. The molecule has 1 heterocycles. The van der Waals surface area contributed by atoms with Gasteiger partial charge in [-0.15, -0.1) is 0 Å². The van der Waals surface area contributed by atoms with E-state index in [4.69, 9.17) is 5.11 Å². The number of carbonyl (C=O) groups is 1. The molecule has 18 heavy (non-hydrogen) atoms. The Kier molecular flexibility index (Phi) is 5.51. The van der Waals surface area contributed by atoms with Crippen LogP contribution in [0.3, 0.4) is 0 Å². The van der Waals surface area contributed by atoms with Gasteiger partial charge in [0.05, 0.1) is 13.2 Å². The summed E-state index contributed by atoms with van der Waals surface area (Å²) in [6, 6.07) is 0. The molecule has 0 aliphatic heterocycles. The van der Waals surface area contributed by atoms with Crippen LogP contribution in [0.5, 0.6) is 0 Å². The maximum atomic E-state index is 11.6. The van der Waals surface area contributed by atoms with Crippen LogP contribution in [-0.4, -0.2) is 41.1 Å². The fraction of sp³-hybridized carbons (Fsp3) is 0.583. The third kappa shape index (κ3) is 4.67. The summed E-state index contributed by atoms with van der Waals surface area (Å²) in [7, 11) is 1.75. The van der Waals surface area contributed by atoms with Gasteiger partial charge in [-0.1, -0.05) is 13.8 Å². The summed E-state index contributed by atoms with van der Waals surface area (Å²) < 4.78 is 0. The Morgan fingerprint density at radius 1 is 1.44 bits per heavy atom. The zero-order valence-corrected chi connectivity index (χ0v) is 11.1. The van der Waals surface area contributed by atoms with Gasteiger partial charge >= 0.3 is 0 Å². The van der Waals surface area contributed by atoms with Crippen molar-refractivity contribution in [1.29, 1.82) is 0 Å². The molecule has 0 aromatic carbocycles. The standard InChI is InChI=1S/C12H20N4O2/c1-9(2)4-13-11(18)7-16(3)12-14-5-10(8-17)6-15-12/h5-6,9,17H,4,7-8H2,1-3H3,(H,13,18). The van der Waals surface area contributed by atoms with Crippen molar-refractivity contribution in [2.75, 3.05) is 25.0 Å². The van der Waals surface area contributed by atoms with Crippen LogP contribution in [0.15, 0.2) is 12.4 Å². The number of aliphatic hydroxyl groups is 1. The molecule has 0 saturated carbocycles. The molecule has 1 aromatic heterocycles. The second-order valence-corrected chi connectivity index (χ2v) is 4.60. The Hall–Kier alpha value is -1.69. The highest BCUT2D eigenvalue weighted by atomic mass is 16.3. The van der Waals surface area contributed by atoms with E-state index in [0.29, 0.717) is 24.0 Å². The molecule has 0 bridgehead atoms. The number of anilines is 1. The number of hydrogen-bond acceptors (Lipinski definition) is 5. The number of nitrogens with zero attached hydrogens (tertiary/aromatic N) is 3. The summed E-state index contributed by atoms with van der Waals surface area (Å²) in [6.45, 7) is 4.88. The molecule has 0 unspecified atom stereocenters. The first-order valence-electron chi connectivity index (χ1n) is 5.92. The van der Waals surface area contributed by atoms with E-state index in [1.165, 1.54) is 0 Å². The zero-order chi connectivity index (χ0) is 13.5.